The summed E-state index contributed by atoms with van der Waals surface area (Å²) in [5.74, 6) is -0.259. The summed E-state index contributed by atoms with van der Waals surface area (Å²) in [7, 11) is 0. The van der Waals surface area contributed by atoms with Gasteiger partial charge in [-0.2, -0.15) is 0 Å². The molecule has 0 aliphatic heterocycles. The molecule has 0 bridgehead atoms. The molecule has 0 radical (unpaired) electrons. The van der Waals surface area contributed by atoms with E-state index in [9.17, 15) is 9.59 Å². The third kappa shape index (κ3) is 3.43. The highest BCUT2D eigenvalue weighted by molar-refractivity contribution is 7.71. The minimum Gasteiger partial charge on any atom is -0.331 e. The Bertz CT molecular complexity index is 1560. The Kier molecular flexibility index (Phi) is 4.69. The minimum atomic E-state index is -0.259. The van der Waals surface area contributed by atoms with E-state index in [1.165, 1.54) is 4.57 Å². The minimum absolute atomic E-state index is 0.231. The first-order valence-corrected chi connectivity index (χ1v) is 10.2. The zero-order valence-electron chi connectivity index (χ0n) is 16.3. The molecule has 0 aliphatic rings. The van der Waals surface area contributed by atoms with E-state index < -0.39 is 0 Å². The molecular weight excluding hydrogens is 406 g/mol. The number of benzene rings is 4. The molecule has 0 aliphatic carbocycles. The fourth-order valence-electron chi connectivity index (χ4n) is 3.70. The Morgan fingerprint density at radius 1 is 0.839 bits per heavy atom. The number of para-hydroxylation sites is 1. The maximum atomic E-state index is 13.0. The number of amides is 1. The molecule has 0 unspecified atom stereocenters. The highest BCUT2D eigenvalue weighted by Crippen LogP contribution is 2.24. The number of fused-ring (bicyclic) bond motifs is 2. The van der Waals surface area contributed by atoms with Crippen molar-refractivity contribution in [2.24, 2.45) is 0 Å². The van der Waals surface area contributed by atoms with Crippen LogP contribution in [0.3, 0.4) is 0 Å². The summed E-state index contributed by atoms with van der Waals surface area (Å²) in [6.45, 7) is 0. The van der Waals surface area contributed by atoms with Gasteiger partial charge in [0.25, 0.3) is 11.5 Å². The van der Waals surface area contributed by atoms with E-state index in [2.05, 4.69) is 10.3 Å². The van der Waals surface area contributed by atoms with Gasteiger partial charge in [-0.3, -0.25) is 14.2 Å². The van der Waals surface area contributed by atoms with Crippen LogP contribution in [0.25, 0.3) is 27.4 Å². The summed E-state index contributed by atoms with van der Waals surface area (Å²) < 4.78 is 1.73. The van der Waals surface area contributed by atoms with E-state index in [4.69, 9.17) is 12.2 Å². The monoisotopic (exact) mass is 423 g/mol. The summed E-state index contributed by atoms with van der Waals surface area (Å²) in [4.78, 5) is 29.1. The third-order valence-electron chi connectivity index (χ3n) is 5.21. The van der Waals surface area contributed by atoms with Crippen LogP contribution in [0.5, 0.6) is 0 Å². The van der Waals surface area contributed by atoms with Gasteiger partial charge in [-0.05, 0) is 54.0 Å². The van der Waals surface area contributed by atoms with Crippen LogP contribution in [-0.2, 0) is 0 Å². The highest BCUT2D eigenvalue weighted by atomic mass is 32.1. The SMILES string of the molecule is O=C(Nc1cccc2ccccc12)c1ccc2c(=O)n(-c3ccccc3)c(=S)[nH]c2c1. The molecule has 0 atom stereocenters. The number of aromatic amines is 1. The van der Waals surface area contributed by atoms with Crippen LogP contribution in [0.4, 0.5) is 5.69 Å². The molecule has 0 spiro atoms. The number of H-pyrrole nitrogens is 1. The van der Waals surface area contributed by atoms with Gasteiger partial charge in [0.1, 0.15) is 0 Å². The Morgan fingerprint density at radius 2 is 1.58 bits per heavy atom. The number of nitrogens with zero attached hydrogens (tertiary/aromatic N) is 1. The first-order valence-electron chi connectivity index (χ1n) is 9.75. The number of rotatable bonds is 3. The molecule has 0 saturated heterocycles. The van der Waals surface area contributed by atoms with Crippen LogP contribution in [-0.4, -0.2) is 15.5 Å². The number of nitrogens with one attached hydrogen (secondary N) is 2. The van der Waals surface area contributed by atoms with Gasteiger partial charge in [0, 0.05) is 16.6 Å². The van der Waals surface area contributed by atoms with Crippen molar-refractivity contribution in [1.29, 1.82) is 0 Å². The van der Waals surface area contributed by atoms with Crippen molar-refractivity contribution < 1.29 is 4.79 Å². The van der Waals surface area contributed by atoms with Crippen LogP contribution in [0, 0.1) is 4.77 Å². The van der Waals surface area contributed by atoms with Crippen molar-refractivity contribution in [3.05, 3.63) is 112 Å². The van der Waals surface area contributed by atoms with Gasteiger partial charge in [-0.25, -0.2) is 0 Å². The smallest absolute Gasteiger partial charge is 0.266 e. The lowest BCUT2D eigenvalue weighted by Gasteiger charge is -2.11. The second-order valence-electron chi connectivity index (χ2n) is 7.15. The summed E-state index contributed by atoms with van der Waals surface area (Å²) in [5, 5.41) is 5.44. The van der Waals surface area contributed by atoms with Gasteiger partial charge in [0.2, 0.25) is 0 Å². The van der Waals surface area contributed by atoms with E-state index in [0.717, 1.165) is 16.5 Å². The van der Waals surface area contributed by atoms with Crippen molar-refractivity contribution in [3.63, 3.8) is 0 Å². The number of carbonyl (C=O) groups is 1. The average Bonchev–Trinajstić information content (AvgIpc) is 2.79. The summed E-state index contributed by atoms with van der Waals surface area (Å²) in [6, 6.07) is 27.8. The van der Waals surface area contributed by atoms with Gasteiger partial charge in [-0.15, -0.1) is 0 Å². The molecule has 6 heteroatoms. The lowest BCUT2D eigenvalue weighted by Crippen LogP contribution is -2.21. The van der Waals surface area contributed by atoms with Crippen molar-refractivity contribution in [1.82, 2.24) is 9.55 Å². The number of carbonyl (C=O) groups excluding carboxylic acids is 1. The standard InChI is InChI=1S/C25H17N3O2S/c29-23(26-21-12-6-8-16-7-4-5-11-19(16)21)17-13-14-20-22(15-17)27-25(31)28(24(20)30)18-9-2-1-3-10-18/h1-15H,(H,26,29)(H,27,31). The number of aromatic nitrogens is 2. The maximum Gasteiger partial charge on any atom is 0.266 e. The quantitative estimate of drug-likeness (QED) is 0.379. The van der Waals surface area contributed by atoms with Gasteiger partial charge >= 0.3 is 0 Å². The largest absolute Gasteiger partial charge is 0.331 e. The van der Waals surface area contributed by atoms with Crippen LogP contribution in [0.2, 0.25) is 0 Å². The molecule has 31 heavy (non-hydrogen) atoms. The molecule has 2 N–H and O–H groups in total. The second kappa shape index (κ2) is 7.66. The Labute approximate surface area is 182 Å². The first kappa shape index (κ1) is 19.0. The first-order chi connectivity index (χ1) is 15.1. The molecule has 1 amide bonds. The van der Waals surface area contributed by atoms with Crippen molar-refractivity contribution in [2.45, 2.75) is 0 Å². The molecule has 4 aromatic carbocycles. The zero-order chi connectivity index (χ0) is 21.4. The van der Waals surface area contributed by atoms with Gasteiger partial charge in [0.15, 0.2) is 4.77 Å². The number of anilines is 1. The topological polar surface area (TPSA) is 66.9 Å². The maximum absolute atomic E-state index is 13.0. The predicted octanol–water partition coefficient (Wildman–Crippen LogP) is 5.45. The van der Waals surface area contributed by atoms with Crippen molar-refractivity contribution in [2.75, 3.05) is 5.32 Å². The molecule has 150 valence electrons. The fourth-order valence-corrected chi connectivity index (χ4v) is 4.00. The third-order valence-corrected chi connectivity index (χ3v) is 5.50. The zero-order valence-corrected chi connectivity index (χ0v) is 17.1. The predicted molar refractivity (Wildman–Crippen MR) is 127 cm³/mol. The number of hydrogen-bond donors (Lipinski definition) is 2. The van der Waals surface area contributed by atoms with Crippen LogP contribution in [0.1, 0.15) is 10.4 Å². The van der Waals surface area contributed by atoms with E-state index in [1.807, 2.05) is 72.8 Å². The van der Waals surface area contributed by atoms with Gasteiger partial charge in [-0.1, -0.05) is 54.6 Å². The van der Waals surface area contributed by atoms with E-state index in [1.54, 1.807) is 18.2 Å². The average molecular weight is 423 g/mol. The Hall–Kier alpha value is -4.03. The molecule has 5 nitrogen and oxygen atoms in total. The van der Waals surface area contributed by atoms with E-state index >= 15 is 0 Å². The molecule has 1 aromatic heterocycles. The molecule has 5 aromatic rings. The van der Waals surface area contributed by atoms with Crippen LogP contribution >= 0.6 is 12.2 Å². The van der Waals surface area contributed by atoms with Crippen molar-refractivity contribution in [3.8, 4) is 5.69 Å². The molecule has 1 heterocycles. The normalized spacial score (nSPS) is 11.0. The highest BCUT2D eigenvalue weighted by Gasteiger charge is 2.12. The van der Waals surface area contributed by atoms with E-state index in [0.29, 0.717) is 22.2 Å². The van der Waals surface area contributed by atoms with Crippen LogP contribution in [0.15, 0.2) is 95.8 Å². The molecule has 5 rings (SSSR count). The second-order valence-corrected chi connectivity index (χ2v) is 7.53. The molecule has 0 fully saturated rings. The summed E-state index contributed by atoms with van der Waals surface area (Å²) in [6.07, 6.45) is 0. The van der Waals surface area contributed by atoms with Crippen LogP contribution < -0.4 is 10.9 Å². The van der Waals surface area contributed by atoms with Gasteiger partial charge < -0.3 is 10.3 Å². The number of hydrogen-bond acceptors (Lipinski definition) is 3. The van der Waals surface area contributed by atoms with E-state index in [-0.39, 0.29) is 16.2 Å². The molecular formula is C25H17N3O2S. The Balaban J connectivity index is 1.55. The fraction of sp³-hybridized carbons (Fsp3) is 0. The summed E-state index contributed by atoms with van der Waals surface area (Å²) >= 11 is 5.42. The lowest BCUT2D eigenvalue weighted by molar-refractivity contribution is 0.102. The molecule has 0 saturated carbocycles. The van der Waals surface area contributed by atoms with Crippen molar-refractivity contribution >= 4 is 45.5 Å². The Morgan fingerprint density at radius 3 is 2.42 bits per heavy atom. The van der Waals surface area contributed by atoms with Gasteiger partial charge in [0.05, 0.1) is 16.6 Å². The lowest BCUT2D eigenvalue weighted by atomic mass is 10.1. The summed E-state index contributed by atoms with van der Waals surface area (Å²) in [5.41, 5.74) is 2.14.